The highest BCUT2D eigenvalue weighted by Crippen LogP contribution is 2.41. The summed E-state index contributed by atoms with van der Waals surface area (Å²) >= 11 is 0. The van der Waals surface area contributed by atoms with Crippen LogP contribution in [0.3, 0.4) is 0 Å². The Morgan fingerprint density at radius 1 is 0.302 bits per heavy atom. The van der Waals surface area contributed by atoms with Crippen LogP contribution in [-0.2, 0) is 0 Å². The highest BCUT2D eigenvalue weighted by molar-refractivity contribution is 6.13. The Labute approximate surface area is 306 Å². The average Bonchev–Trinajstić information content (AvgIpc) is 3.62. The van der Waals surface area contributed by atoms with Crippen molar-refractivity contribution in [2.24, 2.45) is 0 Å². The van der Waals surface area contributed by atoms with Crippen molar-refractivity contribution in [1.82, 2.24) is 15.0 Å². The summed E-state index contributed by atoms with van der Waals surface area (Å²) in [4.78, 5) is 15.5. The number of benzene rings is 8. The molecular weight excluding hydrogens is 647 g/mol. The fraction of sp³-hybridized carbons (Fsp3) is 0. The average molecular weight is 678 g/mol. The number of nitrogens with zero attached hydrogens (tertiary/aromatic N) is 3. The summed E-state index contributed by atoms with van der Waals surface area (Å²) in [6, 6.07) is 65.2. The molecule has 0 aliphatic rings. The van der Waals surface area contributed by atoms with Crippen molar-refractivity contribution in [2.75, 3.05) is 0 Å². The number of hydrogen-bond donors (Lipinski definition) is 0. The molecule has 0 spiro atoms. The predicted octanol–water partition coefficient (Wildman–Crippen LogP) is 12.9. The van der Waals surface area contributed by atoms with Crippen molar-refractivity contribution in [1.29, 1.82) is 0 Å². The number of aromatic nitrogens is 3. The Morgan fingerprint density at radius 3 is 1.70 bits per heavy atom. The molecule has 53 heavy (non-hydrogen) atoms. The van der Waals surface area contributed by atoms with Gasteiger partial charge in [-0.1, -0.05) is 164 Å². The van der Waals surface area contributed by atoms with Gasteiger partial charge in [-0.05, 0) is 68.4 Å². The summed E-state index contributed by atoms with van der Waals surface area (Å²) in [6.45, 7) is 0. The molecule has 0 aliphatic carbocycles. The van der Waals surface area contributed by atoms with Crippen molar-refractivity contribution >= 4 is 32.7 Å². The van der Waals surface area contributed by atoms with Crippen LogP contribution in [-0.4, -0.2) is 15.0 Å². The van der Waals surface area contributed by atoms with Gasteiger partial charge in [0.1, 0.15) is 11.2 Å². The smallest absolute Gasteiger partial charge is 0.164 e. The molecule has 0 atom stereocenters. The van der Waals surface area contributed by atoms with Crippen LogP contribution in [0, 0.1) is 0 Å². The molecule has 0 N–H and O–H groups in total. The Morgan fingerprint density at radius 2 is 0.906 bits per heavy atom. The second kappa shape index (κ2) is 12.9. The van der Waals surface area contributed by atoms with E-state index in [0.717, 1.165) is 66.4 Å². The van der Waals surface area contributed by atoms with E-state index in [1.54, 1.807) is 0 Å². The molecule has 0 amide bonds. The van der Waals surface area contributed by atoms with E-state index >= 15 is 0 Å². The van der Waals surface area contributed by atoms with Gasteiger partial charge in [-0.25, -0.2) is 15.0 Å². The first kappa shape index (κ1) is 30.6. The molecule has 10 aromatic rings. The maximum absolute atomic E-state index is 6.41. The maximum atomic E-state index is 6.41. The zero-order chi connectivity index (χ0) is 35.1. The second-order valence-corrected chi connectivity index (χ2v) is 13.2. The molecule has 8 aromatic carbocycles. The Balaban J connectivity index is 1.20. The lowest BCUT2D eigenvalue weighted by atomic mass is 9.90. The van der Waals surface area contributed by atoms with Crippen molar-refractivity contribution < 1.29 is 4.42 Å². The van der Waals surface area contributed by atoms with E-state index in [-0.39, 0.29) is 0 Å². The zero-order valence-corrected chi connectivity index (χ0v) is 28.6. The predicted molar refractivity (Wildman–Crippen MR) is 217 cm³/mol. The molecule has 248 valence electrons. The minimum atomic E-state index is 0.589. The van der Waals surface area contributed by atoms with Crippen LogP contribution in [0.15, 0.2) is 192 Å². The van der Waals surface area contributed by atoms with E-state index in [4.69, 9.17) is 19.4 Å². The summed E-state index contributed by atoms with van der Waals surface area (Å²) in [5, 5.41) is 4.42. The van der Waals surface area contributed by atoms with E-state index in [1.165, 1.54) is 16.3 Å². The summed E-state index contributed by atoms with van der Waals surface area (Å²) < 4.78 is 6.41. The molecule has 2 heterocycles. The molecule has 4 heteroatoms. The highest BCUT2D eigenvalue weighted by Gasteiger charge is 2.20. The SMILES string of the molecule is c1ccc(-c2ccc3oc4cccc(-c5nc(-c6ccccc6)nc(-c6ccc(-c7cccc8ccccc78)c(-c7ccccc7)c6)n5)c4c3c2)cc1. The molecule has 0 aliphatic heterocycles. The van der Waals surface area contributed by atoms with E-state index < -0.39 is 0 Å². The van der Waals surface area contributed by atoms with Crippen molar-refractivity contribution in [3.05, 3.63) is 188 Å². The maximum Gasteiger partial charge on any atom is 0.164 e. The van der Waals surface area contributed by atoms with Crippen molar-refractivity contribution in [2.45, 2.75) is 0 Å². The van der Waals surface area contributed by atoms with Crippen LogP contribution < -0.4 is 0 Å². The minimum absolute atomic E-state index is 0.589. The summed E-state index contributed by atoms with van der Waals surface area (Å²) in [5.74, 6) is 1.80. The van der Waals surface area contributed by atoms with Crippen LogP contribution in [0.25, 0.3) is 100 Å². The molecule has 0 saturated carbocycles. The zero-order valence-electron chi connectivity index (χ0n) is 28.6. The Hall–Kier alpha value is -7.17. The third kappa shape index (κ3) is 5.54. The molecule has 10 rings (SSSR count). The normalized spacial score (nSPS) is 11.4. The summed E-state index contributed by atoms with van der Waals surface area (Å²) in [5.41, 5.74) is 11.2. The fourth-order valence-electron chi connectivity index (χ4n) is 7.40. The van der Waals surface area contributed by atoms with Crippen LogP contribution in [0.5, 0.6) is 0 Å². The molecule has 0 saturated heterocycles. The first-order chi connectivity index (χ1) is 26.3. The summed E-state index contributed by atoms with van der Waals surface area (Å²) in [7, 11) is 0. The van der Waals surface area contributed by atoms with Gasteiger partial charge in [-0.15, -0.1) is 0 Å². The van der Waals surface area contributed by atoms with Gasteiger partial charge < -0.3 is 4.42 Å². The van der Waals surface area contributed by atoms with Crippen molar-refractivity contribution in [3.8, 4) is 67.5 Å². The lowest BCUT2D eigenvalue weighted by Gasteiger charge is -2.15. The molecule has 4 nitrogen and oxygen atoms in total. The molecule has 0 unspecified atom stereocenters. The Kier molecular flexibility index (Phi) is 7.43. The van der Waals surface area contributed by atoms with Gasteiger partial charge in [0.2, 0.25) is 0 Å². The molecule has 0 bridgehead atoms. The van der Waals surface area contributed by atoms with Crippen LogP contribution in [0.1, 0.15) is 0 Å². The quantitative estimate of drug-likeness (QED) is 0.176. The van der Waals surface area contributed by atoms with Gasteiger partial charge >= 0.3 is 0 Å². The Bertz CT molecular complexity index is 2930. The third-order valence-electron chi connectivity index (χ3n) is 9.95. The van der Waals surface area contributed by atoms with Gasteiger partial charge in [0.15, 0.2) is 17.5 Å². The molecule has 0 radical (unpaired) electrons. The van der Waals surface area contributed by atoms with E-state index in [9.17, 15) is 0 Å². The van der Waals surface area contributed by atoms with Gasteiger partial charge in [-0.3, -0.25) is 0 Å². The highest BCUT2D eigenvalue weighted by atomic mass is 16.3. The van der Waals surface area contributed by atoms with Crippen LogP contribution in [0.2, 0.25) is 0 Å². The topological polar surface area (TPSA) is 51.8 Å². The molecule has 0 fully saturated rings. The lowest BCUT2D eigenvalue weighted by Crippen LogP contribution is -2.01. The number of fused-ring (bicyclic) bond motifs is 4. The van der Waals surface area contributed by atoms with Gasteiger partial charge in [0.05, 0.1) is 0 Å². The number of furan rings is 1. The van der Waals surface area contributed by atoms with Crippen molar-refractivity contribution in [3.63, 3.8) is 0 Å². The fourth-order valence-corrected chi connectivity index (χ4v) is 7.40. The second-order valence-electron chi connectivity index (χ2n) is 13.2. The van der Waals surface area contributed by atoms with E-state index in [0.29, 0.717) is 17.5 Å². The molecular formula is C49H31N3O. The monoisotopic (exact) mass is 677 g/mol. The third-order valence-corrected chi connectivity index (χ3v) is 9.95. The van der Waals surface area contributed by atoms with E-state index in [2.05, 4.69) is 140 Å². The largest absolute Gasteiger partial charge is 0.456 e. The van der Waals surface area contributed by atoms with Crippen LogP contribution in [0.4, 0.5) is 0 Å². The lowest BCUT2D eigenvalue weighted by molar-refractivity contribution is 0.669. The van der Waals surface area contributed by atoms with Gasteiger partial charge in [0.25, 0.3) is 0 Å². The molecule has 2 aromatic heterocycles. The van der Waals surface area contributed by atoms with Crippen LogP contribution >= 0.6 is 0 Å². The van der Waals surface area contributed by atoms with E-state index in [1.807, 2.05) is 48.5 Å². The minimum Gasteiger partial charge on any atom is -0.456 e. The standard InChI is InChI=1S/C49H31N3O/c1-4-14-32(15-5-1)36-27-29-44-43(30-36)46-41(24-13-25-45(46)53-44)49-51-47(35-19-8-3-9-20-35)50-48(52-49)37-26-28-40(42(31-37)34-16-6-2-7-17-34)39-23-12-21-33-18-10-11-22-38(33)39/h1-31H. The first-order valence-corrected chi connectivity index (χ1v) is 17.8. The number of rotatable bonds is 6. The summed E-state index contributed by atoms with van der Waals surface area (Å²) in [6.07, 6.45) is 0. The van der Waals surface area contributed by atoms with Gasteiger partial charge in [0, 0.05) is 27.5 Å². The number of hydrogen-bond acceptors (Lipinski definition) is 4. The first-order valence-electron chi connectivity index (χ1n) is 17.8. The van der Waals surface area contributed by atoms with Gasteiger partial charge in [-0.2, -0.15) is 0 Å².